The number of hydrogen-bond donors (Lipinski definition) is 2. The minimum atomic E-state index is -1.03. The number of carbonyl (C=O) groups excluding carboxylic acids is 1. The Balaban J connectivity index is 2.73. The molecule has 5 heteroatoms. The van der Waals surface area contributed by atoms with E-state index in [4.69, 9.17) is 10.4 Å². The molecule has 68 valence electrons. The van der Waals surface area contributed by atoms with Crippen LogP contribution in [0.5, 0.6) is 0 Å². The summed E-state index contributed by atoms with van der Waals surface area (Å²) in [6, 6.07) is 0. The van der Waals surface area contributed by atoms with E-state index in [1.54, 1.807) is 13.8 Å². The zero-order chi connectivity index (χ0) is 9.52. The Kier molecular flexibility index (Phi) is 1.83. The van der Waals surface area contributed by atoms with Gasteiger partial charge in [-0.05, 0) is 5.41 Å². The van der Waals surface area contributed by atoms with E-state index in [9.17, 15) is 9.59 Å². The molecule has 12 heavy (non-hydrogen) atoms. The van der Waals surface area contributed by atoms with E-state index in [0.29, 0.717) is 0 Å². The predicted molar refractivity (Wildman–Crippen MR) is 37.1 cm³/mol. The molecule has 1 fully saturated rings. The molecule has 1 aliphatic rings. The van der Waals surface area contributed by atoms with Crippen molar-refractivity contribution < 1.29 is 24.8 Å². The molecule has 1 aliphatic carbocycles. The summed E-state index contributed by atoms with van der Waals surface area (Å²) >= 11 is 0. The molecule has 5 nitrogen and oxygen atoms in total. The molecule has 2 unspecified atom stereocenters. The fourth-order valence-corrected chi connectivity index (χ4v) is 1.60. The fourth-order valence-electron chi connectivity index (χ4n) is 1.60. The molecule has 0 aromatic carbocycles. The molecule has 0 aromatic heterocycles. The van der Waals surface area contributed by atoms with Gasteiger partial charge in [-0.3, -0.25) is 4.79 Å². The molecule has 1 saturated carbocycles. The van der Waals surface area contributed by atoms with Crippen LogP contribution in [-0.2, 0) is 14.5 Å². The summed E-state index contributed by atoms with van der Waals surface area (Å²) < 4.78 is 0. The van der Waals surface area contributed by atoms with E-state index in [1.807, 2.05) is 0 Å². The molecule has 0 aromatic rings. The molecule has 2 atom stereocenters. The number of carbonyl (C=O) groups is 2. The Morgan fingerprint density at radius 1 is 1.33 bits per heavy atom. The highest BCUT2D eigenvalue weighted by atomic mass is 17.1. The van der Waals surface area contributed by atoms with Crippen LogP contribution in [0.2, 0.25) is 0 Å². The normalized spacial score (nSPS) is 30.9. The molecular weight excluding hydrogens is 164 g/mol. The first-order valence-electron chi connectivity index (χ1n) is 3.51. The van der Waals surface area contributed by atoms with Crippen molar-refractivity contribution in [3.63, 3.8) is 0 Å². The number of rotatable bonds is 2. The van der Waals surface area contributed by atoms with Crippen molar-refractivity contribution in [2.24, 2.45) is 17.3 Å². The summed E-state index contributed by atoms with van der Waals surface area (Å²) in [5, 5.41) is 16.6. The van der Waals surface area contributed by atoms with Crippen molar-refractivity contribution >= 4 is 11.9 Å². The van der Waals surface area contributed by atoms with Gasteiger partial charge in [0.25, 0.3) is 0 Å². The standard InChI is InChI=1S/C7H10O5/c1-7(2)3(5(8)9)4(7)6(10)12-11/h3-4,11H,1-2H3,(H,8,9). The lowest BCUT2D eigenvalue weighted by molar-refractivity contribution is -0.237. The lowest BCUT2D eigenvalue weighted by Crippen LogP contribution is -2.09. The van der Waals surface area contributed by atoms with E-state index in [-0.39, 0.29) is 0 Å². The molecule has 2 N–H and O–H groups in total. The smallest absolute Gasteiger partial charge is 0.346 e. The summed E-state index contributed by atoms with van der Waals surface area (Å²) in [4.78, 5) is 24.8. The van der Waals surface area contributed by atoms with Gasteiger partial charge in [0.05, 0.1) is 11.8 Å². The van der Waals surface area contributed by atoms with Gasteiger partial charge in [-0.1, -0.05) is 13.8 Å². The zero-order valence-corrected chi connectivity index (χ0v) is 6.77. The first-order valence-corrected chi connectivity index (χ1v) is 3.51. The van der Waals surface area contributed by atoms with Crippen LogP contribution in [0, 0.1) is 17.3 Å². The fraction of sp³-hybridized carbons (Fsp3) is 0.714. The molecule has 0 aliphatic heterocycles. The van der Waals surface area contributed by atoms with E-state index in [0.717, 1.165) is 0 Å². The maximum absolute atomic E-state index is 10.8. The second-order valence-electron chi connectivity index (χ2n) is 3.53. The van der Waals surface area contributed by atoms with E-state index in [1.165, 1.54) is 0 Å². The molecular formula is C7H10O5. The molecule has 0 heterocycles. The maximum Gasteiger partial charge on any atom is 0.346 e. The largest absolute Gasteiger partial charge is 0.481 e. The van der Waals surface area contributed by atoms with Gasteiger partial charge in [0, 0.05) is 0 Å². The Hall–Kier alpha value is -1.10. The first-order chi connectivity index (χ1) is 5.42. The van der Waals surface area contributed by atoms with E-state index in [2.05, 4.69) is 4.89 Å². The van der Waals surface area contributed by atoms with Crippen molar-refractivity contribution in [1.82, 2.24) is 0 Å². The van der Waals surface area contributed by atoms with Crippen LogP contribution in [-0.4, -0.2) is 22.3 Å². The zero-order valence-electron chi connectivity index (χ0n) is 6.77. The topological polar surface area (TPSA) is 83.8 Å². The monoisotopic (exact) mass is 174 g/mol. The van der Waals surface area contributed by atoms with Crippen LogP contribution < -0.4 is 0 Å². The number of aliphatic carboxylic acids is 1. The average molecular weight is 174 g/mol. The minimum absolute atomic E-state index is 0.606. The third-order valence-corrected chi connectivity index (χ3v) is 2.44. The Morgan fingerprint density at radius 2 is 1.83 bits per heavy atom. The highest BCUT2D eigenvalue weighted by Crippen LogP contribution is 2.58. The van der Waals surface area contributed by atoms with Gasteiger partial charge in [0.1, 0.15) is 0 Å². The molecule has 0 bridgehead atoms. The highest BCUT2D eigenvalue weighted by molar-refractivity contribution is 5.88. The summed E-state index contributed by atoms with van der Waals surface area (Å²) in [6.45, 7) is 3.29. The molecule has 0 radical (unpaired) electrons. The summed E-state index contributed by atoms with van der Waals surface area (Å²) in [5.74, 6) is -3.36. The first kappa shape index (κ1) is 8.99. The lowest BCUT2D eigenvalue weighted by Gasteiger charge is -1.97. The van der Waals surface area contributed by atoms with Crippen LogP contribution in [0.15, 0.2) is 0 Å². The Labute approximate surface area is 68.9 Å². The van der Waals surface area contributed by atoms with Gasteiger partial charge in [-0.15, -0.1) is 0 Å². The number of carboxylic acids is 1. The van der Waals surface area contributed by atoms with Crippen molar-refractivity contribution in [2.45, 2.75) is 13.8 Å². The van der Waals surface area contributed by atoms with Crippen LogP contribution in [0.3, 0.4) is 0 Å². The van der Waals surface area contributed by atoms with Crippen molar-refractivity contribution in [3.05, 3.63) is 0 Å². The van der Waals surface area contributed by atoms with Crippen LogP contribution in [0.4, 0.5) is 0 Å². The van der Waals surface area contributed by atoms with E-state index >= 15 is 0 Å². The van der Waals surface area contributed by atoms with Crippen molar-refractivity contribution in [1.29, 1.82) is 0 Å². The third kappa shape index (κ3) is 1.06. The van der Waals surface area contributed by atoms with Gasteiger partial charge >= 0.3 is 11.9 Å². The van der Waals surface area contributed by atoms with Crippen molar-refractivity contribution in [2.75, 3.05) is 0 Å². The van der Waals surface area contributed by atoms with Crippen LogP contribution >= 0.6 is 0 Å². The number of hydrogen-bond acceptors (Lipinski definition) is 4. The quantitative estimate of drug-likeness (QED) is 0.466. The van der Waals surface area contributed by atoms with Crippen LogP contribution in [0.1, 0.15) is 13.8 Å². The van der Waals surface area contributed by atoms with Crippen molar-refractivity contribution in [3.8, 4) is 0 Å². The van der Waals surface area contributed by atoms with Gasteiger partial charge in [-0.25, -0.2) is 4.79 Å². The van der Waals surface area contributed by atoms with E-state index < -0.39 is 29.2 Å². The third-order valence-electron chi connectivity index (χ3n) is 2.44. The summed E-state index contributed by atoms with van der Waals surface area (Å²) in [5.41, 5.74) is -0.606. The Morgan fingerprint density at radius 3 is 2.08 bits per heavy atom. The minimum Gasteiger partial charge on any atom is -0.481 e. The lowest BCUT2D eigenvalue weighted by atomic mass is 10.1. The van der Waals surface area contributed by atoms with Gasteiger partial charge < -0.3 is 9.99 Å². The predicted octanol–water partition coefficient (Wildman–Crippen LogP) is 0.359. The highest BCUT2D eigenvalue weighted by Gasteiger charge is 2.67. The average Bonchev–Trinajstić information content (AvgIpc) is 2.52. The van der Waals surface area contributed by atoms with Gasteiger partial charge in [0.2, 0.25) is 0 Å². The molecule has 0 saturated heterocycles. The molecule has 1 rings (SSSR count). The SMILES string of the molecule is CC1(C)C(C(=O)O)C1C(=O)OO. The second kappa shape index (κ2) is 2.45. The molecule has 0 spiro atoms. The summed E-state index contributed by atoms with van der Waals surface area (Å²) in [7, 11) is 0. The summed E-state index contributed by atoms with van der Waals surface area (Å²) in [6.07, 6.45) is 0. The van der Waals surface area contributed by atoms with Gasteiger partial charge in [-0.2, -0.15) is 5.26 Å². The van der Waals surface area contributed by atoms with Gasteiger partial charge in [0.15, 0.2) is 0 Å². The van der Waals surface area contributed by atoms with Crippen LogP contribution in [0.25, 0.3) is 0 Å². The molecule has 0 amide bonds. The Bertz CT molecular complexity index is 232. The maximum atomic E-state index is 10.8. The second-order valence-corrected chi connectivity index (χ2v) is 3.53. The number of carboxylic acid groups (broad SMARTS) is 1.